The third-order valence-electron chi connectivity index (χ3n) is 3.38. The number of ether oxygens (including phenoxy) is 2. The number of hydrogen-bond acceptors (Lipinski definition) is 3. The van der Waals surface area contributed by atoms with E-state index in [-0.39, 0.29) is 17.8 Å². The van der Waals surface area contributed by atoms with Crippen LogP contribution in [0.1, 0.15) is 32.6 Å². The zero-order valence-electron chi connectivity index (χ0n) is 12.9. The average Bonchev–Trinajstić information content (AvgIpc) is 2.51. The summed E-state index contributed by atoms with van der Waals surface area (Å²) in [5.41, 5.74) is 0. The van der Waals surface area contributed by atoms with E-state index in [0.717, 1.165) is 25.0 Å². The fraction of sp³-hybridized carbons (Fsp3) is 0.500. The van der Waals surface area contributed by atoms with Crippen LogP contribution in [0.3, 0.4) is 0 Å². The van der Waals surface area contributed by atoms with Crippen molar-refractivity contribution in [1.29, 1.82) is 0 Å². The lowest BCUT2D eigenvalue weighted by molar-refractivity contribution is -0.141. The third-order valence-corrected chi connectivity index (χ3v) is 3.38. The van der Waals surface area contributed by atoms with E-state index in [1.165, 1.54) is 7.11 Å². The summed E-state index contributed by atoms with van der Waals surface area (Å²) >= 11 is 0. The molecule has 21 heavy (non-hydrogen) atoms. The van der Waals surface area contributed by atoms with E-state index in [1.54, 1.807) is 6.92 Å². The molecule has 0 aromatic rings. The number of carbonyl (C=O) groups is 1. The molecule has 0 N–H and O–H groups in total. The molecule has 0 heterocycles. The van der Waals surface area contributed by atoms with Crippen molar-refractivity contribution in [2.24, 2.45) is 11.8 Å². The maximum atomic E-state index is 11.4. The molecule has 0 aliphatic heterocycles. The van der Waals surface area contributed by atoms with Crippen molar-refractivity contribution in [3.05, 3.63) is 36.6 Å². The van der Waals surface area contributed by atoms with Crippen molar-refractivity contribution < 1.29 is 14.3 Å². The van der Waals surface area contributed by atoms with E-state index in [0.29, 0.717) is 13.0 Å². The predicted molar refractivity (Wildman–Crippen MR) is 84.3 cm³/mol. The first-order valence-electron chi connectivity index (χ1n) is 7.32. The minimum absolute atomic E-state index is 0.00253. The number of unbranched alkanes of at least 4 members (excludes halogenated alkanes) is 1. The summed E-state index contributed by atoms with van der Waals surface area (Å²) in [6.45, 7) is 6.18. The van der Waals surface area contributed by atoms with Crippen molar-refractivity contribution >= 4 is 5.97 Å². The Morgan fingerprint density at radius 2 is 2.43 bits per heavy atom. The average molecular weight is 288 g/mol. The quantitative estimate of drug-likeness (QED) is 0.296. The predicted octanol–water partition coefficient (Wildman–Crippen LogP) is 3.63. The Kier molecular flexibility index (Phi) is 8.04. The molecule has 1 unspecified atom stereocenters. The lowest BCUT2D eigenvalue weighted by atomic mass is 9.85. The van der Waals surface area contributed by atoms with Crippen LogP contribution < -0.4 is 0 Å². The number of rotatable bonds is 8. The minimum atomic E-state index is -0.216. The first kappa shape index (κ1) is 17.1. The van der Waals surface area contributed by atoms with Crippen molar-refractivity contribution in [2.75, 3.05) is 13.7 Å². The standard InChI is InChI=1S/C18H24O3/c1-4-6-7-13-21-17-11-9-15(10-12-17)16(8-5-2)14-18(19)20-3/h4,9,11-12,15-16H,1,6-7,10,13-14H2,2-3H3/t15?,16-/m0/s1. The van der Waals surface area contributed by atoms with Crippen LogP contribution in [0.25, 0.3) is 0 Å². The highest BCUT2D eigenvalue weighted by Crippen LogP contribution is 2.26. The van der Waals surface area contributed by atoms with E-state index < -0.39 is 0 Å². The SMILES string of the molecule is C=CCCCOC1=CCC([C@@H](C#CC)CC(=O)OC)C=C1. The van der Waals surface area contributed by atoms with Gasteiger partial charge in [-0.25, -0.2) is 0 Å². The fourth-order valence-electron chi connectivity index (χ4n) is 2.20. The van der Waals surface area contributed by atoms with E-state index in [9.17, 15) is 4.79 Å². The second-order valence-electron chi connectivity index (χ2n) is 4.93. The zero-order valence-corrected chi connectivity index (χ0v) is 12.9. The highest BCUT2D eigenvalue weighted by Gasteiger charge is 2.22. The van der Waals surface area contributed by atoms with Gasteiger partial charge in [0.1, 0.15) is 5.76 Å². The normalized spacial score (nSPS) is 18.0. The minimum Gasteiger partial charge on any atom is -0.494 e. The monoisotopic (exact) mass is 288 g/mol. The van der Waals surface area contributed by atoms with Gasteiger partial charge in [0, 0.05) is 5.92 Å². The van der Waals surface area contributed by atoms with Crippen LogP contribution in [-0.4, -0.2) is 19.7 Å². The first-order valence-corrected chi connectivity index (χ1v) is 7.32. The van der Waals surface area contributed by atoms with Gasteiger partial charge in [-0.3, -0.25) is 4.79 Å². The van der Waals surface area contributed by atoms with E-state index in [4.69, 9.17) is 9.47 Å². The second-order valence-corrected chi connectivity index (χ2v) is 4.93. The van der Waals surface area contributed by atoms with Gasteiger partial charge in [0.05, 0.1) is 20.1 Å². The maximum Gasteiger partial charge on any atom is 0.306 e. The number of methoxy groups -OCH3 is 1. The summed E-state index contributed by atoms with van der Waals surface area (Å²) in [5.74, 6) is 6.92. The molecule has 0 spiro atoms. The van der Waals surface area contributed by atoms with E-state index >= 15 is 0 Å². The molecular weight excluding hydrogens is 264 g/mol. The number of esters is 1. The molecule has 0 fully saturated rings. The third kappa shape index (κ3) is 6.35. The molecule has 0 saturated carbocycles. The summed E-state index contributed by atoms with van der Waals surface area (Å²) < 4.78 is 10.4. The van der Waals surface area contributed by atoms with Gasteiger partial charge >= 0.3 is 5.97 Å². The van der Waals surface area contributed by atoms with Gasteiger partial charge in [0.2, 0.25) is 0 Å². The smallest absolute Gasteiger partial charge is 0.306 e. The Bertz CT molecular complexity index is 463. The summed E-state index contributed by atoms with van der Waals surface area (Å²) in [6.07, 6.45) is 11.1. The van der Waals surface area contributed by atoms with Crippen LogP contribution in [0, 0.1) is 23.7 Å². The van der Waals surface area contributed by atoms with Crippen LogP contribution in [0.2, 0.25) is 0 Å². The Morgan fingerprint density at radius 1 is 1.62 bits per heavy atom. The molecule has 0 saturated heterocycles. The molecule has 0 amide bonds. The topological polar surface area (TPSA) is 35.5 Å². The molecule has 2 atom stereocenters. The molecule has 3 nitrogen and oxygen atoms in total. The van der Waals surface area contributed by atoms with Crippen LogP contribution in [-0.2, 0) is 14.3 Å². The molecule has 3 heteroatoms. The van der Waals surface area contributed by atoms with Crippen molar-refractivity contribution in [2.45, 2.75) is 32.6 Å². The number of hydrogen-bond donors (Lipinski definition) is 0. The van der Waals surface area contributed by atoms with Gasteiger partial charge in [-0.1, -0.05) is 18.1 Å². The van der Waals surface area contributed by atoms with Crippen molar-refractivity contribution in [1.82, 2.24) is 0 Å². The van der Waals surface area contributed by atoms with E-state index in [1.807, 2.05) is 12.2 Å². The zero-order chi connectivity index (χ0) is 15.5. The molecule has 0 radical (unpaired) electrons. The van der Waals surface area contributed by atoms with Crippen LogP contribution >= 0.6 is 0 Å². The molecule has 114 valence electrons. The van der Waals surface area contributed by atoms with Crippen LogP contribution in [0.5, 0.6) is 0 Å². The Balaban J connectivity index is 2.49. The molecule has 0 bridgehead atoms. The molecule has 1 rings (SSSR count). The summed E-state index contributed by atoms with van der Waals surface area (Å²) in [6, 6.07) is 0. The molecule has 0 aromatic heterocycles. The van der Waals surface area contributed by atoms with Crippen molar-refractivity contribution in [3.8, 4) is 11.8 Å². The van der Waals surface area contributed by atoms with Gasteiger partial charge in [0.25, 0.3) is 0 Å². The fourth-order valence-corrected chi connectivity index (χ4v) is 2.20. The number of carbonyl (C=O) groups excluding carboxylic acids is 1. The van der Waals surface area contributed by atoms with E-state index in [2.05, 4.69) is 30.6 Å². The lowest BCUT2D eigenvalue weighted by Crippen LogP contribution is -2.18. The Morgan fingerprint density at radius 3 is 3.00 bits per heavy atom. The van der Waals surface area contributed by atoms with Gasteiger partial charge in [-0.15, -0.1) is 12.5 Å². The van der Waals surface area contributed by atoms with Crippen molar-refractivity contribution in [3.63, 3.8) is 0 Å². The molecular formula is C18H24O3. The van der Waals surface area contributed by atoms with Gasteiger partial charge in [0.15, 0.2) is 0 Å². The summed E-state index contributed by atoms with van der Waals surface area (Å²) in [7, 11) is 1.41. The largest absolute Gasteiger partial charge is 0.494 e. The molecule has 0 aromatic carbocycles. The van der Waals surface area contributed by atoms with Crippen LogP contribution in [0.4, 0.5) is 0 Å². The summed E-state index contributed by atoms with van der Waals surface area (Å²) in [5, 5.41) is 0. The Labute approximate surface area is 127 Å². The van der Waals surface area contributed by atoms with Gasteiger partial charge in [-0.2, -0.15) is 0 Å². The van der Waals surface area contributed by atoms with Crippen LogP contribution in [0.15, 0.2) is 36.6 Å². The number of allylic oxidation sites excluding steroid dienone is 4. The lowest BCUT2D eigenvalue weighted by Gasteiger charge is -2.21. The molecule has 1 aliphatic carbocycles. The first-order chi connectivity index (χ1) is 10.2. The van der Waals surface area contributed by atoms with Gasteiger partial charge < -0.3 is 9.47 Å². The molecule has 1 aliphatic rings. The second kappa shape index (κ2) is 9.88. The summed E-state index contributed by atoms with van der Waals surface area (Å²) in [4.78, 5) is 11.4. The highest BCUT2D eigenvalue weighted by atomic mass is 16.5. The van der Waals surface area contributed by atoms with Gasteiger partial charge in [-0.05, 0) is 44.3 Å². The Hall–Kier alpha value is -1.95. The maximum absolute atomic E-state index is 11.4. The highest BCUT2D eigenvalue weighted by molar-refractivity contribution is 5.70.